The number of nitrogens with two attached hydrogens (primary N) is 1. The van der Waals surface area contributed by atoms with Crippen molar-refractivity contribution in [3.8, 4) is 0 Å². The number of aromatic nitrogens is 1. The van der Waals surface area contributed by atoms with Crippen LogP contribution >= 0.6 is 0 Å². The predicted octanol–water partition coefficient (Wildman–Crippen LogP) is -0.685. The van der Waals surface area contributed by atoms with E-state index in [0.717, 1.165) is 0 Å². The van der Waals surface area contributed by atoms with Gasteiger partial charge in [0.1, 0.15) is 6.54 Å². The Morgan fingerprint density at radius 3 is 2.89 bits per heavy atom. The first-order valence-corrected chi connectivity index (χ1v) is 7.24. The van der Waals surface area contributed by atoms with Crippen molar-refractivity contribution >= 4 is 22.4 Å². The topological polar surface area (TPSA) is 94.2 Å². The highest BCUT2D eigenvalue weighted by atomic mass is 32.2. The molecule has 0 saturated carbocycles. The molecule has 1 heterocycles. The standard InChI is InChI=1S/C11H17N3O3S/c1-18(17)6-2-5-13-10(15)8-14-7-9(12)3-4-11(14)16/h3-4,7H,2,5-6,8,12H2,1H3,(H,13,15). The van der Waals surface area contributed by atoms with E-state index in [1.54, 1.807) is 6.26 Å². The van der Waals surface area contributed by atoms with Crippen LogP contribution in [0.4, 0.5) is 5.69 Å². The number of nitrogen functional groups attached to an aromatic ring is 1. The summed E-state index contributed by atoms with van der Waals surface area (Å²) < 4.78 is 12.1. The number of carbonyl (C=O) groups excluding carboxylic acids is 1. The predicted molar refractivity (Wildman–Crippen MR) is 71.7 cm³/mol. The SMILES string of the molecule is CS(=O)CCCNC(=O)Cn1cc(N)ccc1=O. The molecule has 1 atom stereocenters. The van der Waals surface area contributed by atoms with Gasteiger partial charge in [-0.2, -0.15) is 0 Å². The Morgan fingerprint density at radius 1 is 1.50 bits per heavy atom. The molecule has 1 unspecified atom stereocenters. The van der Waals surface area contributed by atoms with Crippen molar-refractivity contribution in [2.75, 3.05) is 24.3 Å². The molecule has 0 aliphatic rings. The summed E-state index contributed by atoms with van der Waals surface area (Å²) in [6.07, 6.45) is 3.71. The quantitative estimate of drug-likeness (QED) is 0.670. The molecule has 3 N–H and O–H groups in total. The first kappa shape index (κ1) is 14.4. The molecule has 6 nitrogen and oxygen atoms in total. The smallest absolute Gasteiger partial charge is 0.251 e. The molecule has 0 aromatic carbocycles. The molecule has 18 heavy (non-hydrogen) atoms. The fourth-order valence-corrected chi connectivity index (χ4v) is 1.94. The van der Waals surface area contributed by atoms with Crippen molar-refractivity contribution in [1.82, 2.24) is 9.88 Å². The van der Waals surface area contributed by atoms with E-state index in [-0.39, 0.29) is 18.0 Å². The van der Waals surface area contributed by atoms with Crippen LogP contribution in [0.15, 0.2) is 23.1 Å². The molecular weight excluding hydrogens is 254 g/mol. The Kier molecular flexibility index (Phi) is 5.57. The average molecular weight is 271 g/mol. The Bertz CT molecular complexity index is 499. The summed E-state index contributed by atoms with van der Waals surface area (Å²) in [6.45, 7) is 0.397. The number of nitrogens with one attached hydrogen (secondary N) is 1. The van der Waals surface area contributed by atoms with E-state index in [4.69, 9.17) is 5.73 Å². The molecule has 0 spiro atoms. The van der Waals surface area contributed by atoms with Gasteiger partial charge in [0.25, 0.3) is 5.56 Å². The number of rotatable bonds is 6. The molecule has 1 aromatic rings. The van der Waals surface area contributed by atoms with Gasteiger partial charge in [-0.3, -0.25) is 13.8 Å². The average Bonchev–Trinajstić information content (AvgIpc) is 2.29. The van der Waals surface area contributed by atoms with Gasteiger partial charge in [0.2, 0.25) is 5.91 Å². The number of anilines is 1. The Balaban J connectivity index is 2.42. The third-order valence-electron chi connectivity index (χ3n) is 2.25. The van der Waals surface area contributed by atoms with Crippen LogP contribution in [0.2, 0.25) is 0 Å². The summed E-state index contributed by atoms with van der Waals surface area (Å²) in [7, 11) is -0.848. The van der Waals surface area contributed by atoms with Crippen molar-refractivity contribution in [2.45, 2.75) is 13.0 Å². The van der Waals surface area contributed by atoms with Gasteiger partial charge in [-0.25, -0.2) is 0 Å². The highest BCUT2D eigenvalue weighted by Gasteiger charge is 2.04. The zero-order valence-corrected chi connectivity index (χ0v) is 11.0. The Morgan fingerprint density at radius 2 is 2.22 bits per heavy atom. The van der Waals surface area contributed by atoms with Crippen LogP contribution in [0, 0.1) is 0 Å². The molecule has 0 radical (unpaired) electrons. The fourth-order valence-electron chi connectivity index (χ4n) is 1.39. The number of nitrogens with zero attached hydrogens (tertiary/aromatic N) is 1. The van der Waals surface area contributed by atoms with Crippen molar-refractivity contribution in [2.24, 2.45) is 0 Å². The molecule has 1 amide bonds. The number of pyridine rings is 1. The lowest BCUT2D eigenvalue weighted by Crippen LogP contribution is -2.32. The zero-order valence-electron chi connectivity index (χ0n) is 10.2. The number of amides is 1. The molecule has 0 aliphatic carbocycles. The highest BCUT2D eigenvalue weighted by Crippen LogP contribution is 1.95. The third-order valence-corrected chi connectivity index (χ3v) is 3.11. The second-order valence-corrected chi connectivity index (χ2v) is 5.46. The van der Waals surface area contributed by atoms with E-state index in [1.165, 1.54) is 22.9 Å². The van der Waals surface area contributed by atoms with Gasteiger partial charge in [-0.15, -0.1) is 0 Å². The van der Waals surface area contributed by atoms with E-state index in [9.17, 15) is 13.8 Å². The number of hydrogen-bond donors (Lipinski definition) is 2. The second-order valence-electron chi connectivity index (χ2n) is 3.91. The minimum atomic E-state index is -0.848. The van der Waals surface area contributed by atoms with Gasteiger partial charge < -0.3 is 15.6 Å². The number of carbonyl (C=O) groups is 1. The summed E-state index contributed by atoms with van der Waals surface area (Å²) >= 11 is 0. The number of hydrogen-bond acceptors (Lipinski definition) is 4. The molecule has 7 heteroatoms. The van der Waals surface area contributed by atoms with Crippen LogP contribution in [-0.4, -0.2) is 33.2 Å². The van der Waals surface area contributed by atoms with Gasteiger partial charge >= 0.3 is 0 Å². The van der Waals surface area contributed by atoms with Crippen molar-refractivity contribution in [3.05, 3.63) is 28.7 Å². The van der Waals surface area contributed by atoms with Crippen LogP contribution in [0.3, 0.4) is 0 Å². The minimum Gasteiger partial charge on any atom is -0.398 e. The second kappa shape index (κ2) is 6.95. The van der Waals surface area contributed by atoms with E-state index in [2.05, 4.69) is 5.32 Å². The van der Waals surface area contributed by atoms with Crippen LogP contribution in [0.1, 0.15) is 6.42 Å². The van der Waals surface area contributed by atoms with Gasteiger partial charge in [0, 0.05) is 47.3 Å². The summed E-state index contributed by atoms with van der Waals surface area (Å²) in [4.78, 5) is 22.9. The van der Waals surface area contributed by atoms with E-state index >= 15 is 0 Å². The Hall–Kier alpha value is -1.63. The minimum absolute atomic E-state index is 0.0565. The molecule has 100 valence electrons. The molecule has 0 saturated heterocycles. The molecule has 1 rings (SSSR count). The van der Waals surface area contributed by atoms with Crippen LogP contribution in [0.25, 0.3) is 0 Å². The lowest BCUT2D eigenvalue weighted by Gasteiger charge is -2.07. The molecule has 0 aliphatic heterocycles. The first-order chi connectivity index (χ1) is 8.49. The van der Waals surface area contributed by atoms with Gasteiger partial charge in [0.15, 0.2) is 0 Å². The van der Waals surface area contributed by atoms with E-state index in [1.807, 2.05) is 0 Å². The maximum Gasteiger partial charge on any atom is 0.251 e. The molecular formula is C11H17N3O3S. The molecule has 0 fully saturated rings. The van der Waals surface area contributed by atoms with Gasteiger partial charge in [-0.05, 0) is 12.5 Å². The van der Waals surface area contributed by atoms with Crippen molar-refractivity contribution in [3.63, 3.8) is 0 Å². The van der Waals surface area contributed by atoms with Crippen LogP contribution < -0.4 is 16.6 Å². The summed E-state index contributed by atoms with van der Waals surface area (Å²) in [5.41, 5.74) is 5.70. The third kappa shape index (κ3) is 5.13. The first-order valence-electron chi connectivity index (χ1n) is 5.52. The molecule has 1 aromatic heterocycles. The van der Waals surface area contributed by atoms with Gasteiger partial charge in [0.05, 0.1) is 0 Å². The normalized spacial score (nSPS) is 12.1. The van der Waals surface area contributed by atoms with Crippen molar-refractivity contribution < 1.29 is 9.00 Å². The van der Waals surface area contributed by atoms with E-state index < -0.39 is 10.8 Å². The summed E-state index contributed by atoms with van der Waals surface area (Å²) in [6, 6.07) is 2.82. The largest absolute Gasteiger partial charge is 0.398 e. The lowest BCUT2D eigenvalue weighted by atomic mass is 10.4. The maximum absolute atomic E-state index is 11.5. The fraction of sp³-hybridized carbons (Fsp3) is 0.455. The van der Waals surface area contributed by atoms with Crippen LogP contribution in [0.5, 0.6) is 0 Å². The molecule has 0 bridgehead atoms. The monoisotopic (exact) mass is 271 g/mol. The van der Waals surface area contributed by atoms with Gasteiger partial charge in [-0.1, -0.05) is 0 Å². The maximum atomic E-state index is 11.5. The highest BCUT2D eigenvalue weighted by molar-refractivity contribution is 7.84. The summed E-state index contributed by atoms with van der Waals surface area (Å²) in [5, 5.41) is 2.66. The van der Waals surface area contributed by atoms with Crippen molar-refractivity contribution in [1.29, 1.82) is 0 Å². The van der Waals surface area contributed by atoms with E-state index in [0.29, 0.717) is 24.4 Å². The zero-order chi connectivity index (χ0) is 13.5. The van der Waals surface area contributed by atoms with Crippen LogP contribution in [-0.2, 0) is 22.1 Å². The Labute approximate surface area is 108 Å². The summed E-state index contributed by atoms with van der Waals surface area (Å²) in [5.74, 6) is 0.294. The lowest BCUT2D eigenvalue weighted by molar-refractivity contribution is -0.121.